The molecule has 0 heterocycles. The first-order valence-electron chi connectivity index (χ1n) is 12.1. The predicted molar refractivity (Wildman–Crippen MR) is 132 cm³/mol. The van der Waals surface area contributed by atoms with Gasteiger partial charge in [0.25, 0.3) is 10.9 Å². The minimum absolute atomic E-state index is 0.0635. The van der Waals surface area contributed by atoms with E-state index in [0.29, 0.717) is 13.1 Å². The van der Waals surface area contributed by atoms with Gasteiger partial charge in [-0.3, -0.25) is 9.59 Å². The molecular formula is C24H42N4O4. The van der Waals surface area contributed by atoms with Gasteiger partial charge in [0.2, 0.25) is 0 Å². The number of ether oxygens (including phenoxy) is 1. The number of alkyl carbamates (subject to hydrolysis) is 1. The van der Waals surface area contributed by atoms with E-state index in [1.807, 2.05) is 6.92 Å². The van der Waals surface area contributed by atoms with Gasteiger partial charge in [-0.25, -0.2) is 4.79 Å². The standard InChI is InChI=1S/C24H42N4O4/c1-4-7-16-28(18-13-11-14-26-21-20(25)22(29)23(21)30)17-12-9-8-10-15-27-24(31)32-19(5-2)6-3/h5,19,26H,2,4,6-18,25H2,1,3H3,(H,27,31). The zero-order valence-electron chi connectivity index (χ0n) is 19.9. The van der Waals surface area contributed by atoms with Crippen molar-refractivity contribution in [2.45, 2.75) is 77.7 Å². The first kappa shape index (κ1) is 27.7. The molecule has 1 unspecified atom stereocenters. The third-order valence-electron chi connectivity index (χ3n) is 5.57. The lowest BCUT2D eigenvalue weighted by molar-refractivity contribution is 0.118. The van der Waals surface area contributed by atoms with E-state index in [0.717, 1.165) is 64.6 Å². The second kappa shape index (κ2) is 16.3. The minimum Gasteiger partial charge on any atom is -0.442 e. The van der Waals surface area contributed by atoms with Gasteiger partial charge in [-0.1, -0.05) is 45.8 Å². The van der Waals surface area contributed by atoms with Crippen LogP contribution in [0.1, 0.15) is 71.6 Å². The smallest absolute Gasteiger partial charge is 0.407 e. The monoisotopic (exact) mass is 450 g/mol. The van der Waals surface area contributed by atoms with Crippen LogP contribution < -0.4 is 27.2 Å². The average Bonchev–Trinajstić information content (AvgIpc) is 2.81. The number of hydrogen-bond donors (Lipinski definition) is 3. The Morgan fingerprint density at radius 2 is 1.62 bits per heavy atom. The molecule has 1 amide bonds. The molecule has 0 bridgehead atoms. The number of carbonyl (C=O) groups excluding carboxylic acids is 1. The van der Waals surface area contributed by atoms with Crippen molar-refractivity contribution in [3.63, 3.8) is 0 Å². The minimum atomic E-state index is -0.577. The van der Waals surface area contributed by atoms with Crippen molar-refractivity contribution in [3.05, 3.63) is 33.1 Å². The molecule has 8 heteroatoms. The molecule has 1 aromatic carbocycles. The van der Waals surface area contributed by atoms with Crippen molar-refractivity contribution in [2.75, 3.05) is 43.8 Å². The number of carbonyl (C=O) groups is 1. The van der Waals surface area contributed by atoms with Gasteiger partial charge < -0.3 is 26.0 Å². The van der Waals surface area contributed by atoms with Gasteiger partial charge in [-0.05, 0) is 58.2 Å². The van der Waals surface area contributed by atoms with Crippen LogP contribution in [-0.4, -0.2) is 49.8 Å². The molecular weight excluding hydrogens is 408 g/mol. The van der Waals surface area contributed by atoms with E-state index in [9.17, 15) is 14.4 Å². The maximum atomic E-state index is 11.7. The molecule has 0 aliphatic rings. The van der Waals surface area contributed by atoms with Crippen molar-refractivity contribution in [3.8, 4) is 0 Å². The van der Waals surface area contributed by atoms with Crippen molar-refractivity contribution in [2.24, 2.45) is 0 Å². The highest BCUT2D eigenvalue weighted by molar-refractivity contribution is 5.71. The average molecular weight is 451 g/mol. The Hall–Kier alpha value is -2.35. The number of rotatable bonds is 19. The molecule has 8 nitrogen and oxygen atoms in total. The Morgan fingerprint density at radius 1 is 1.00 bits per heavy atom. The third kappa shape index (κ3) is 10.3. The van der Waals surface area contributed by atoms with Crippen LogP contribution in [0.2, 0.25) is 0 Å². The summed E-state index contributed by atoms with van der Waals surface area (Å²) in [5, 5.41) is 5.78. The molecule has 1 atom stereocenters. The van der Waals surface area contributed by atoms with Crippen LogP contribution in [0, 0.1) is 0 Å². The number of anilines is 2. The van der Waals surface area contributed by atoms with E-state index in [1.54, 1.807) is 6.08 Å². The first-order chi connectivity index (χ1) is 15.4. The van der Waals surface area contributed by atoms with Gasteiger partial charge in [0, 0.05) is 13.1 Å². The predicted octanol–water partition coefficient (Wildman–Crippen LogP) is 3.41. The van der Waals surface area contributed by atoms with Gasteiger partial charge in [0.05, 0.1) is 0 Å². The maximum absolute atomic E-state index is 11.7. The topological polar surface area (TPSA) is 114 Å². The second-order valence-corrected chi connectivity index (χ2v) is 8.20. The lowest BCUT2D eigenvalue weighted by Crippen LogP contribution is -2.37. The van der Waals surface area contributed by atoms with Gasteiger partial charge in [-0.15, -0.1) is 0 Å². The fourth-order valence-corrected chi connectivity index (χ4v) is 3.46. The molecule has 0 fully saturated rings. The molecule has 1 aromatic rings. The number of nitrogens with two attached hydrogens (primary N) is 1. The maximum Gasteiger partial charge on any atom is 0.407 e. The molecule has 182 valence electrons. The Morgan fingerprint density at radius 3 is 2.25 bits per heavy atom. The summed E-state index contributed by atoms with van der Waals surface area (Å²) >= 11 is 0. The van der Waals surface area contributed by atoms with E-state index in [1.165, 1.54) is 12.8 Å². The Labute approximate surface area is 192 Å². The molecule has 0 aliphatic heterocycles. The normalized spacial score (nSPS) is 12.1. The summed E-state index contributed by atoms with van der Waals surface area (Å²) in [4.78, 5) is 36.7. The molecule has 1 rings (SSSR count). The number of amides is 1. The summed E-state index contributed by atoms with van der Waals surface area (Å²) in [5.74, 6) is 0. The number of nitrogens with zero attached hydrogens (tertiary/aromatic N) is 1. The number of nitrogens with one attached hydrogen (secondary N) is 2. The van der Waals surface area contributed by atoms with E-state index in [2.05, 4.69) is 29.0 Å². The lowest BCUT2D eigenvalue weighted by atomic mass is 10.1. The molecule has 32 heavy (non-hydrogen) atoms. The number of unbranched alkanes of at least 4 members (excludes halogenated alkanes) is 5. The summed E-state index contributed by atoms with van der Waals surface area (Å²) < 4.78 is 5.22. The second-order valence-electron chi connectivity index (χ2n) is 8.20. The van der Waals surface area contributed by atoms with Crippen molar-refractivity contribution in [1.29, 1.82) is 0 Å². The molecule has 0 radical (unpaired) electrons. The van der Waals surface area contributed by atoms with Crippen LogP contribution in [0.5, 0.6) is 0 Å². The van der Waals surface area contributed by atoms with Crippen LogP contribution in [0.25, 0.3) is 0 Å². The highest BCUT2D eigenvalue weighted by Crippen LogP contribution is 2.10. The molecule has 0 aromatic heterocycles. The van der Waals surface area contributed by atoms with Crippen LogP contribution in [-0.2, 0) is 4.74 Å². The van der Waals surface area contributed by atoms with E-state index < -0.39 is 10.9 Å². The van der Waals surface area contributed by atoms with E-state index >= 15 is 0 Å². The van der Waals surface area contributed by atoms with Gasteiger partial charge >= 0.3 is 6.09 Å². The van der Waals surface area contributed by atoms with Crippen LogP contribution in [0.4, 0.5) is 16.2 Å². The largest absolute Gasteiger partial charge is 0.442 e. The SMILES string of the molecule is C=CC(CC)OC(=O)NCCCCCCN(CCCC)CCCCNc1c(N)c(=O)c1=O. The Bertz CT molecular complexity index is 743. The summed E-state index contributed by atoms with van der Waals surface area (Å²) in [5.41, 5.74) is 4.80. The molecule has 0 saturated heterocycles. The van der Waals surface area contributed by atoms with Gasteiger partial charge in [0.15, 0.2) is 0 Å². The summed E-state index contributed by atoms with van der Waals surface area (Å²) in [6.45, 7) is 12.3. The molecule has 0 aliphatic carbocycles. The first-order valence-corrected chi connectivity index (χ1v) is 12.1. The van der Waals surface area contributed by atoms with Crippen LogP contribution in [0.3, 0.4) is 0 Å². The number of nitrogen functional groups attached to an aromatic ring is 1. The van der Waals surface area contributed by atoms with E-state index in [-0.39, 0.29) is 23.6 Å². The van der Waals surface area contributed by atoms with Gasteiger partial charge in [0.1, 0.15) is 17.5 Å². The van der Waals surface area contributed by atoms with Crippen LogP contribution >= 0.6 is 0 Å². The fourth-order valence-electron chi connectivity index (χ4n) is 3.46. The summed E-state index contributed by atoms with van der Waals surface area (Å²) in [7, 11) is 0. The highest BCUT2D eigenvalue weighted by Gasteiger charge is 2.16. The Kier molecular flexibility index (Phi) is 14.1. The zero-order chi connectivity index (χ0) is 23.8. The van der Waals surface area contributed by atoms with E-state index in [4.69, 9.17) is 10.5 Å². The number of hydrogen-bond acceptors (Lipinski definition) is 7. The molecule has 0 saturated carbocycles. The fraction of sp³-hybridized carbons (Fsp3) is 0.708. The lowest BCUT2D eigenvalue weighted by Gasteiger charge is -2.22. The summed E-state index contributed by atoms with van der Waals surface area (Å²) in [6.07, 6.45) is 10.4. The highest BCUT2D eigenvalue weighted by atomic mass is 16.6. The Balaban J connectivity index is 2.12. The van der Waals surface area contributed by atoms with Crippen LogP contribution in [0.15, 0.2) is 22.2 Å². The quantitative estimate of drug-likeness (QED) is 0.168. The van der Waals surface area contributed by atoms with Crippen molar-refractivity contribution >= 4 is 17.5 Å². The third-order valence-corrected chi connectivity index (χ3v) is 5.57. The van der Waals surface area contributed by atoms with Crippen molar-refractivity contribution < 1.29 is 9.53 Å². The van der Waals surface area contributed by atoms with Crippen molar-refractivity contribution in [1.82, 2.24) is 10.2 Å². The zero-order valence-corrected chi connectivity index (χ0v) is 19.9. The van der Waals surface area contributed by atoms with Gasteiger partial charge in [-0.2, -0.15) is 0 Å². The summed E-state index contributed by atoms with van der Waals surface area (Å²) in [6, 6.07) is 0. The molecule has 0 spiro atoms. The molecule has 4 N–H and O–H groups in total.